The summed E-state index contributed by atoms with van der Waals surface area (Å²) in [6, 6.07) is 4.23. The van der Waals surface area contributed by atoms with Gasteiger partial charge in [0.25, 0.3) is 5.91 Å². The number of hydrogen-bond acceptors (Lipinski definition) is 4. The van der Waals surface area contributed by atoms with Gasteiger partial charge in [-0.15, -0.1) is 0 Å². The zero-order valence-corrected chi connectivity index (χ0v) is 12.5. The van der Waals surface area contributed by atoms with Crippen LogP contribution >= 0.6 is 0 Å². The maximum atomic E-state index is 14.8. The summed E-state index contributed by atoms with van der Waals surface area (Å²) in [4.78, 5) is 15.6. The van der Waals surface area contributed by atoms with Crippen molar-refractivity contribution < 1.29 is 23.1 Å². The van der Waals surface area contributed by atoms with Gasteiger partial charge in [-0.3, -0.25) is 4.79 Å². The van der Waals surface area contributed by atoms with Crippen LogP contribution < -0.4 is 5.32 Å². The fraction of sp³-hybridized carbons (Fsp3) is 0.400. The number of halogens is 3. The average molecular weight is 340 g/mol. The van der Waals surface area contributed by atoms with Crippen molar-refractivity contribution >= 4 is 5.91 Å². The third kappa shape index (κ3) is 2.86. The van der Waals surface area contributed by atoms with Gasteiger partial charge >= 0.3 is 5.92 Å². The summed E-state index contributed by atoms with van der Waals surface area (Å²) in [7, 11) is 0. The summed E-state index contributed by atoms with van der Waals surface area (Å²) in [5.41, 5.74) is -3.80. The molecule has 1 heterocycles. The van der Waals surface area contributed by atoms with Gasteiger partial charge in [-0.1, -0.05) is 18.2 Å². The van der Waals surface area contributed by atoms with Gasteiger partial charge in [-0.25, -0.2) is 14.1 Å². The van der Waals surface area contributed by atoms with Crippen LogP contribution in [0.3, 0.4) is 0 Å². The van der Waals surface area contributed by atoms with E-state index in [4.69, 9.17) is 0 Å². The predicted molar refractivity (Wildman–Crippen MR) is 76.4 cm³/mol. The standard InChI is InChI=1S/C15H15F3N4O2/c16-12-4-2-1-3-11(12)14(24,7-22-9-19-8-20-22)15(17,18)13(23)21-10-5-6-10/h1-4,8-10,24H,5-7H2,(H,21,23). The van der Waals surface area contributed by atoms with E-state index < -0.39 is 35.4 Å². The lowest BCUT2D eigenvalue weighted by Crippen LogP contribution is -2.58. The van der Waals surface area contributed by atoms with Crippen LogP contribution in [0.2, 0.25) is 0 Å². The first kappa shape index (κ1) is 16.4. The fourth-order valence-electron chi connectivity index (χ4n) is 2.39. The number of amides is 1. The van der Waals surface area contributed by atoms with E-state index in [0.717, 1.165) is 29.5 Å². The minimum Gasteiger partial charge on any atom is -0.377 e. The molecule has 1 aliphatic carbocycles. The van der Waals surface area contributed by atoms with Crippen LogP contribution in [0, 0.1) is 5.82 Å². The van der Waals surface area contributed by atoms with E-state index in [1.165, 1.54) is 12.1 Å². The third-order valence-electron chi connectivity index (χ3n) is 3.89. The highest BCUT2D eigenvalue weighted by atomic mass is 19.3. The van der Waals surface area contributed by atoms with Crippen LogP contribution in [0.4, 0.5) is 13.2 Å². The highest BCUT2D eigenvalue weighted by molar-refractivity contribution is 5.85. The van der Waals surface area contributed by atoms with E-state index in [1.54, 1.807) is 0 Å². The maximum absolute atomic E-state index is 14.8. The molecule has 24 heavy (non-hydrogen) atoms. The molecule has 9 heteroatoms. The molecule has 1 aliphatic rings. The van der Waals surface area contributed by atoms with Crippen molar-refractivity contribution in [2.75, 3.05) is 0 Å². The van der Waals surface area contributed by atoms with Gasteiger partial charge in [0.15, 0.2) is 5.60 Å². The number of aromatic nitrogens is 3. The number of nitrogens with one attached hydrogen (secondary N) is 1. The molecule has 1 amide bonds. The number of carbonyl (C=O) groups excluding carboxylic acids is 1. The Bertz CT molecular complexity index is 734. The Balaban J connectivity index is 2.03. The summed E-state index contributed by atoms with van der Waals surface area (Å²) in [6.07, 6.45) is 3.39. The molecule has 1 fully saturated rings. The molecule has 0 bridgehead atoms. The van der Waals surface area contributed by atoms with Crippen LogP contribution in [0.1, 0.15) is 18.4 Å². The second-order valence-electron chi connectivity index (χ2n) is 5.76. The molecule has 2 aromatic rings. The number of hydrogen-bond donors (Lipinski definition) is 2. The zero-order valence-electron chi connectivity index (χ0n) is 12.5. The summed E-state index contributed by atoms with van der Waals surface area (Å²) < 4.78 is 44.7. The van der Waals surface area contributed by atoms with Crippen molar-refractivity contribution in [2.45, 2.75) is 37.0 Å². The average Bonchev–Trinajstić information content (AvgIpc) is 3.21. The third-order valence-corrected chi connectivity index (χ3v) is 3.89. The summed E-state index contributed by atoms with van der Waals surface area (Å²) in [5, 5.41) is 16.5. The Hall–Kier alpha value is -2.42. The van der Waals surface area contributed by atoms with Gasteiger partial charge in [0.1, 0.15) is 18.5 Å². The van der Waals surface area contributed by atoms with Gasteiger partial charge in [-0.05, 0) is 18.9 Å². The number of alkyl halides is 2. The van der Waals surface area contributed by atoms with E-state index >= 15 is 0 Å². The SMILES string of the molecule is O=C(NC1CC1)C(F)(F)C(O)(Cn1cncn1)c1ccccc1F. The predicted octanol–water partition coefficient (Wildman–Crippen LogP) is 1.22. The first-order valence-electron chi connectivity index (χ1n) is 7.33. The van der Waals surface area contributed by atoms with E-state index in [1.807, 2.05) is 0 Å². The van der Waals surface area contributed by atoms with Gasteiger partial charge in [0.05, 0.1) is 6.54 Å². The van der Waals surface area contributed by atoms with Gasteiger partial charge < -0.3 is 10.4 Å². The summed E-state index contributed by atoms with van der Waals surface area (Å²) >= 11 is 0. The normalized spacial score (nSPS) is 17.3. The molecule has 1 aromatic carbocycles. The lowest BCUT2D eigenvalue weighted by molar-refractivity contribution is -0.203. The molecule has 0 aliphatic heterocycles. The molecule has 0 radical (unpaired) electrons. The van der Waals surface area contributed by atoms with E-state index in [9.17, 15) is 23.1 Å². The lowest BCUT2D eigenvalue weighted by atomic mass is 9.86. The molecular weight excluding hydrogens is 325 g/mol. The summed E-state index contributed by atoms with van der Waals surface area (Å²) in [6.45, 7) is -0.834. The second-order valence-corrected chi connectivity index (χ2v) is 5.76. The smallest absolute Gasteiger partial charge is 0.358 e. The molecule has 2 N–H and O–H groups in total. The zero-order chi connectivity index (χ0) is 17.4. The molecule has 128 valence electrons. The highest BCUT2D eigenvalue weighted by Crippen LogP contribution is 2.41. The van der Waals surface area contributed by atoms with Crippen LogP contribution in [0.25, 0.3) is 0 Å². The number of aliphatic hydroxyl groups is 1. The van der Waals surface area contributed by atoms with Crippen molar-refractivity contribution in [3.8, 4) is 0 Å². The topological polar surface area (TPSA) is 80.0 Å². The number of carbonyl (C=O) groups is 1. The molecule has 1 atom stereocenters. The molecular formula is C15H15F3N4O2. The minimum absolute atomic E-state index is 0.334. The maximum Gasteiger partial charge on any atom is 0.358 e. The first-order chi connectivity index (χ1) is 11.3. The molecule has 0 saturated heterocycles. The molecule has 3 rings (SSSR count). The molecule has 1 unspecified atom stereocenters. The van der Waals surface area contributed by atoms with Crippen LogP contribution in [0.15, 0.2) is 36.9 Å². The van der Waals surface area contributed by atoms with E-state index in [-0.39, 0.29) is 6.04 Å². The van der Waals surface area contributed by atoms with Gasteiger partial charge in [0, 0.05) is 11.6 Å². The molecule has 0 spiro atoms. The van der Waals surface area contributed by atoms with Crippen molar-refractivity contribution in [1.29, 1.82) is 0 Å². The Morgan fingerprint density at radius 3 is 2.67 bits per heavy atom. The molecule has 1 saturated carbocycles. The summed E-state index contributed by atoms with van der Waals surface area (Å²) in [5.74, 6) is -6.96. The number of nitrogens with zero attached hydrogens (tertiary/aromatic N) is 3. The lowest BCUT2D eigenvalue weighted by Gasteiger charge is -2.35. The van der Waals surface area contributed by atoms with E-state index in [0.29, 0.717) is 12.8 Å². The van der Waals surface area contributed by atoms with Gasteiger partial charge in [0.2, 0.25) is 0 Å². The Morgan fingerprint density at radius 1 is 1.38 bits per heavy atom. The van der Waals surface area contributed by atoms with E-state index in [2.05, 4.69) is 15.4 Å². The highest BCUT2D eigenvalue weighted by Gasteiger charge is 2.61. The van der Waals surface area contributed by atoms with Crippen molar-refractivity contribution in [3.05, 3.63) is 48.3 Å². The fourth-order valence-corrected chi connectivity index (χ4v) is 2.39. The monoisotopic (exact) mass is 340 g/mol. The van der Waals surface area contributed by atoms with Crippen LogP contribution in [-0.2, 0) is 16.9 Å². The molecule has 6 nitrogen and oxygen atoms in total. The van der Waals surface area contributed by atoms with Crippen LogP contribution in [0.5, 0.6) is 0 Å². The Labute approximate surface area is 135 Å². The van der Waals surface area contributed by atoms with Crippen molar-refractivity contribution in [3.63, 3.8) is 0 Å². The number of benzene rings is 1. The Kier molecular flexibility index (Phi) is 4.04. The minimum atomic E-state index is -4.27. The largest absolute Gasteiger partial charge is 0.377 e. The quantitative estimate of drug-likeness (QED) is 0.829. The second kappa shape index (κ2) is 5.90. The first-order valence-corrected chi connectivity index (χ1v) is 7.33. The van der Waals surface area contributed by atoms with Gasteiger partial charge in [-0.2, -0.15) is 13.9 Å². The van der Waals surface area contributed by atoms with Crippen molar-refractivity contribution in [2.24, 2.45) is 0 Å². The van der Waals surface area contributed by atoms with Crippen molar-refractivity contribution in [1.82, 2.24) is 20.1 Å². The van der Waals surface area contributed by atoms with Crippen LogP contribution in [-0.4, -0.2) is 37.7 Å². The Morgan fingerprint density at radius 2 is 2.08 bits per heavy atom. The molecule has 1 aromatic heterocycles. The number of rotatable bonds is 6.